The Balaban J connectivity index is 1.86. The van der Waals surface area contributed by atoms with Crippen LogP contribution in [0.5, 0.6) is 0 Å². The van der Waals surface area contributed by atoms with Crippen LogP contribution in [0.3, 0.4) is 0 Å². The summed E-state index contributed by atoms with van der Waals surface area (Å²) in [6.45, 7) is 3.75. The second-order valence-corrected chi connectivity index (χ2v) is 6.58. The van der Waals surface area contributed by atoms with E-state index in [0.29, 0.717) is 24.2 Å². The van der Waals surface area contributed by atoms with E-state index >= 15 is 0 Å². The van der Waals surface area contributed by atoms with Gasteiger partial charge in [-0.2, -0.15) is 0 Å². The number of hydrogen-bond acceptors (Lipinski definition) is 6. The van der Waals surface area contributed by atoms with E-state index in [-0.39, 0.29) is 5.91 Å². The van der Waals surface area contributed by atoms with Crippen molar-refractivity contribution in [3.05, 3.63) is 24.3 Å². The van der Waals surface area contributed by atoms with Crippen molar-refractivity contribution in [2.45, 2.75) is 39.2 Å². The molecule has 29 heavy (non-hydrogen) atoms. The molecule has 1 aromatic rings. The summed E-state index contributed by atoms with van der Waals surface area (Å²) in [4.78, 5) is 60.3. The van der Waals surface area contributed by atoms with Crippen LogP contribution < -0.4 is 16.0 Å². The van der Waals surface area contributed by atoms with Gasteiger partial charge in [0.25, 0.3) is 11.8 Å². The first-order valence-corrected chi connectivity index (χ1v) is 9.18. The molecule has 156 valence electrons. The average Bonchev–Trinajstić information content (AvgIpc) is 2.91. The lowest BCUT2D eigenvalue weighted by Gasteiger charge is -2.22. The maximum atomic E-state index is 12.4. The standard InChI is InChI=1S/C19H24N4O6/c1-4-19(5-2)17(27)23(18(28)22-19)10-16(26)29-11-15(25)21-14-8-6-7-13(9-14)20-12(3)24/h6-9H,4-5,10-11H2,1-3H3,(H,20,24)(H,21,25)(H,22,28). The number of nitrogens with zero attached hydrogens (tertiary/aromatic N) is 1. The first-order valence-electron chi connectivity index (χ1n) is 9.18. The molecule has 1 aromatic carbocycles. The SMILES string of the molecule is CCC1(CC)NC(=O)N(CC(=O)OCC(=O)Nc2cccc(NC(C)=O)c2)C1=O. The molecule has 0 aromatic heterocycles. The molecule has 0 radical (unpaired) electrons. The van der Waals surface area contributed by atoms with Gasteiger partial charge < -0.3 is 20.7 Å². The van der Waals surface area contributed by atoms with Gasteiger partial charge in [0.1, 0.15) is 12.1 Å². The Kier molecular flexibility index (Phi) is 6.92. The molecular weight excluding hydrogens is 380 g/mol. The van der Waals surface area contributed by atoms with Crippen molar-refractivity contribution in [1.82, 2.24) is 10.2 Å². The minimum Gasteiger partial charge on any atom is -0.454 e. The number of anilines is 2. The zero-order valence-electron chi connectivity index (χ0n) is 16.5. The smallest absolute Gasteiger partial charge is 0.326 e. The van der Waals surface area contributed by atoms with E-state index in [0.717, 1.165) is 4.90 Å². The Bertz CT molecular complexity index is 834. The molecule has 0 atom stereocenters. The maximum Gasteiger partial charge on any atom is 0.326 e. The van der Waals surface area contributed by atoms with Crippen molar-refractivity contribution in [1.29, 1.82) is 0 Å². The molecule has 1 aliphatic heterocycles. The van der Waals surface area contributed by atoms with Gasteiger partial charge in [-0.3, -0.25) is 24.1 Å². The minimum absolute atomic E-state index is 0.252. The number of urea groups is 1. The number of rotatable bonds is 8. The van der Waals surface area contributed by atoms with Gasteiger partial charge in [-0.15, -0.1) is 0 Å². The predicted octanol–water partition coefficient (Wildman–Crippen LogP) is 1.24. The summed E-state index contributed by atoms with van der Waals surface area (Å²) in [6, 6.07) is 5.78. The highest BCUT2D eigenvalue weighted by Gasteiger charge is 2.49. The molecule has 10 heteroatoms. The molecule has 0 aliphatic carbocycles. The number of imide groups is 1. The Morgan fingerprint density at radius 2 is 1.72 bits per heavy atom. The summed E-state index contributed by atoms with van der Waals surface area (Å²) >= 11 is 0. The second-order valence-electron chi connectivity index (χ2n) is 6.58. The van der Waals surface area contributed by atoms with E-state index in [9.17, 15) is 24.0 Å². The third kappa shape index (κ3) is 5.31. The first-order chi connectivity index (χ1) is 13.7. The van der Waals surface area contributed by atoms with Gasteiger partial charge in [0, 0.05) is 18.3 Å². The lowest BCUT2D eigenvalue weighted by atomic mass is 9.93. The van der Waals surface area contributed by atoms with Crippen molar-refractivity contribution < 1.29 is 28.7 Å². The van der Waals surface area contributed by atoms with Crippen molar-refractivity contribution in [3.8, 4) is 0 Å². The van der Waals surface area contributed by atoms with E-state index < -0.39 is 42.5 Å². The van der Waals surface area contributed by atoms with E-state index in [1.807, 2.05) is 0 Å². The van der Waals surface area contributed by atoms with Crippen LogP contribution in [-0.2, 0) is 23.9 Å². The molecule has 1 saturated heterocycles. The highest BCUT2D eigenvalue weighted by molar-refractivity contribution is 6.08. The quantitative estimate of drug-likeness (QED) is 0.441. The average molecular weight is 404 g/mol. The molecule has 0 spiro atoms. The minimum atomic E-state index is -1.01. The monoisotopic (exact) mass is 404 g/mol. The van der Waals surface area contributed by atoms with E-state index in [1.165, 1.54) is 6.92 Å². The molecule has 0 unspecified atom stereocenters. The largest absolute Gasteiger partial charge is 0.454 e. The van der Waals surface area contributed by atoms with Gasteiger partial charge in [0.2, 0.25) is 5.91 Å². The van der Waals surface area contributed by atoms with Crippen molar-refractivity contribution in [3.63, 3.8) is 0 Å². The van der Waals surface area contributed by atoms with Gasteiger partial charge in [-0.1, -0.05) is 19.9 Å². The number of esters is 1. The van der Waals surface area contributed by atoms with Crippen molar-refractivity contribution in [2.75, 3.05) is 23.8 Å². The van der Waals surface area contributed by atoms with Crippen molar-refractivity contribution >= 4 is 41.1 Å². The summed E-state index contributed by atoms with van der Waals surface area (Å²) < 4.78 is 4.87. The molecule has 10 nitrogen and oxygen atoms in total. The third-order valence-electron chi connectivity index (χ3n) is 4.57. The van der Waals surface area contributed by atoms with E-state index in [4.69, 9.17) is 4.74 Å². The summed E-state index contributed by atoms with van der Waals surface area (Å²) in [7, 11) is 0. The number of carbonyl (C=O) groups is 5. The Morgan fingerprint density at radius 1 is 1.10 bits per heavy atom. The highest BCUT2D eigenvalue weighted by atomic mass is 16.5. The fourth-order valence-electron chi connectivity index (χ4n) is 2.94. The Hall–Kier alpha value is -3.43. The van der Waals surface area contributed by atoms with Crippen LogP contribution in [0.25, 0.3) is 0 Å². The maximum absolute atomic E-state index is 12.4. The van der Waals surface area contributed by atoms with Gasteiger partial charge >= 0.3 is 12.0 Å². The Labute approximate surface area is 168 Å². The number of ether oxygens (including phenoxy) is 1. The van der Waals surface area contributed by atoms with Crippen LogP contribution in [0, 0.1) is 0 Å². The number of amides is 5. The summed E-state index contributed by atoms with van der Waals surface area (Å²) in [5.41, 5.74) is -0.100. The summed E-state index contributed by atoms with van der Waals surface area (Å²) in [5.74, 6) is -2.22. The molecular formula is C19H24N4O6. The topological polar surface area (TPSA) is 134 Å². The molecule has 1 fully saturated rings. The number of hydrogen-bond donors (Lipinski definition) is 3. The molecule has 1 heterocycles. The van der Waals surface area contributed by atoms with Crippen LogP contribution in [0.2, 0.25) is 0 Å². The molecule has 5 amide bonds. The van der Waals surface area contributed by atoms with Crippen LogP contribution in [0.15, 0.2) is 24.3 Å². The fourth-order valence-corrected chi connectivity index (χ4v) is 2.94. The van der Waals surface area contributed by atoms with Crippen LogP contribution >= 0.6 is 0 Å². The third-order valence-corrected chi connectivity index (χ3v) is 4.57. The van der Waals surface area contributed by atoms with Gasteiger partial charge in [-0.05, 0) is 31.0 Å². The molecule has 0 saturated carbocycles. The van der Waals surface area contributed by atoms with Crippen molar-refractivity contribution in [2.24, 2.45) is 0 Å². The van der Waals surface area contributed by atoms with Crippen LogP contribution in [-0.4, -0.2) is 53.3 Å². The number of carbonyl (C=O) groups excluding carboxylic acids is 5. The lowest BCUT2D eigenvalue weighted by Crippen LogP contribution is -2.46. The highest BCUT2D eigenvalue weighted by Crippen LogP contribution is 2.24. The van der Waals surface area contributed by atoms with Gasteiger partial charge in [-0.25, -0.2) is 4.79 Å². The lowest BCUT2D eigenvalue weighted by molar-refractivity contribution is -0.150. The zero-order chi connectivity index (χ0) is 21.6. The Morgan fingerprint density at radius 3 is 2.28 bits per heavy atom. The molecule has 0 bridgehead atoms. The molecule has 2 rings (SSSR count). The van der Waals surface area contributed by atoms with Crippen LogP contribution in [0.4, 0.5) is 16.2 Å². The molecule has 3 N–H and O–H groups in total. The summed E-state index contributed by atoms with van der Waals surface area (Å²) in [5, 5.41) is 7.72. The normalized spacial score (nSPS) is 14.9. The summed E-state index contributed by atoms with van der Waals surface area (Å²) in [6.07, 6.45) is 0.805. The van der Waals surface area contributed by atoms with Gasteiger partial charge in [0.15, 0.2) is 6.61 Å². The number of nitrogens with one attached hydrogen (secondary N) is 3. The number of benzene rings is 1. The van der Waals surface area contributed by atoms with Gasteiger partial charge in [0.05, 0.1) is 0 Å². The molecule has 1 aliphatic rings. The first kappa shape index (κ1) is 21.9. The van der Waals surface area contributed by atoms with Crippen LogP contribution in [0.1, 0.15) is 33.6 Å². The predicted molar refractivity (Wildman–Crippen MR) is 104 cm³/mol. The second kappa shape index (κ2) is 9.18. The van der Waals surface area contributed by atoms with E-state index in [1.54, 1.807) is 38.1 Å². The fraction of sp³-hybridized carbons (Fsp3) is 0.421. The zero-order valence-corrected chi connectivity index (χ0v) is 16.5. The van der Waals surface area contributed by atoms with E-state index in [2.05, 4.69) is 16.0 Å².